The first-order chi connectivity index (χ1) is 13.7. The highest BCUT2D eigenvalue weighted by molar-refractivity contribution is 5.78. The molecule has 0 radical (unpaired) electrons. The number of likely N-dealkylation sites (N-methyl/N-ethyl adjacent to an activating group) is 1. The van der Waals surface area contributed by atoms with Gasteiger partial charge in [-0.2, -0.15) is 10.1 Å². The van der Waals surface area contributed by atoms with Crippen LogP contribution in [0.1, 0.15) is 18.4 Å². The first-order valence-electron chi connectivity index (χ1n) is 9.94. The summed E-state index contributed by atoms with van der Waals surface area (Å²) in [6, 6.07) is 10.8. The summed E-state index contributed by atoms with van der Waals surface area (Å²) in [5, 5.41) is 6.92. The lowest BCUT2D eigenvalue weighted by atomic mass is 9.85. The first-order valence-corrected chi connectivity index (χ1v) is 9.94. The van der Waals surface area contributed by atoms with E-state index in [0.717, 1.165) is 41.5 Å². The molecular weight excluding hydrogens is 350 g/mol. The van der Waals surface area contributed by atoms with E-state index >= 15 is 0 Å². The zero-order valence-electron chi connectivity index (χ0n) is 16.0. The Morgan fingerprint density at radius 3 is 2.71 bits per heavy atom. The van der Waals surface area contributed by atoms with E-state index in [4.69, 9.17) is 9.72 Å². The number of hydrogen-bond donors (Lipinski definition) is 1. The molecule has 3 aliphatic heterocycles. The van der Waals surface area contributed by atoms with Gasteiger partial charge in [-0.3, -0.25) is 10.00 Å². The molecule has 0 amide bonds. The number of benzene rings is 1. The predicted octanol–water partition coefficient (Wildman–Crippen LogP) is 3.32. The van der Waals surface area contributed by atoms with Crippen molar-refractivity contribution in [3.8, 4) is 28.1 Å². The summed E-state index contributed by atoms with van der Waals surface area (Å²) < 4.78 is 6.06. The molecule has 0 saturated carbocycles. The van der Waals surface area contributed by atoms with Crippen LogP contribution in [0.3, 0.4) is 0 Å². The van der Waals surface area contributed by atoms with E-state index in [1.165, 1.54) is 30.5 Å². The van der Waals surface area contributed by atoms with Crippen LogP contribution in [0.4, 0.5) is 5.82 Å². The van der Waals surface area contributed by atoms with E-state index in [0.29, 0.717) is 12.1 Å². The second-order valence-electron chi connectivity index (χ2n) is 8.24. The fraction of sp³-hybridized carbons (Fsp3) is 0.364. The molecule has 6 nitrogen and oxygen atoms in total. The third-order valence-corrected chi connectivity index (χ3v) is 6.82. The normalized spacial score (nSPS) is 23.2. The summed E-state index contributed by atoms with van der Waals surface area (Å²) in [7, 11) is 2.24. The van der Waals surface area contributed by atoms with E-state index in [2.05, 4.69) is 57.4 Å². The Morgan fingerprint density at radius 2 is 1.96 bits per heavy atom. The number of nitrogens with zero attached hydrogens (tertiary/aromatic N) is 4. The van der Waals surface area contributed by atoms with Crippen molar-refractivity contribution in [2.45, 2.75) is 25.0 Å². The van der Waals surface area contributed by atoms with Gasteiger partial charge in [0.25, 0.3) is 0 Å². The minimum absolute atomic E-state index is 0.370. The van der Waals surface area contributed by atoms with Gasteiger partial charge < -0.3 is 9.64 Å². The third kappa shape index (κ3) is 2.31. The molecule has 2 aromatic heterocycles. The summed E-state index contributed by atoms with van der Waals surface area (Å²) in [6.07, 6.45) is 6.28. The Labute approximate surface area is 164 Å². The van der Waals surface area contributed by atoms with E-state index in [1.54, 1.807) is 0 Å². The zero-order valence-corrected chi connectivity index (χ0v) is 16.0. The molecule has 1 spiro atoms. The van der Waals surface area contributed by atoms with Crippen LogP contribution in [0, 0.1) is 0 Å². The van der Waals surface area contributed by atoms with Crippen LogP contribution >= 0.6 is 0 Å². The summed E-state index contributed by atoms with van der Waals surface area (Å²) in [6.45, 7) is 3.91. The topological polar surface area (TPSA) is 57.3 Å². The van der Waals surface area contributed by atoms with Crippen molar-refractivity contribution >= 4 is 5.82 Å². The zero-order chi connectivity index (χ0) is 18.7. The smallest absolute Gasteiger partial charge is 0.223 e. The lowest BCUT2D eigenvalue weighted by Crippen LogP contribution is -2.59. The van der Waals surface area contributed by atoms with Crippen LogP contribution < -0.4 is 9.64 Å². The van der Waals surface area contributed by atoms with E-state index in [9.17, 15) is 0 Å². The number of anilines is 1. The van der Waals surface area contributed by atoms with Crippen LogP contribution in [-0.4, -0.2) is 52.3 Å². The number of aromatic nitrogens is 3. The van der Waals surface area contributed by atoms with Crippen molar-refractivity contribution in [1.82, 2.24) is 20.1 Å². The highest BCUT2D eigenvalue weighted by Crippen LogP contribution is 2.42. The van der Waals surface area contributed by atoms with Gasteiger partial charge in [0.15, 0.2) is 0 Å². The highest BCUT2D eigenvalue weighted by Gasteiger charge is 2.47. The predicted molar refractivity (Wildman–Crippen MR) is 108 cm³/mol. The minimum atomic E-state index is 0.370. The molecule has 28 heavy (non-hydrogen) atoms. The second-order valence-corrected chi connectivity index (χ2v) is 8.24. The largest absolute Gasteiger partial charge is 0.472 e. The van der Waals surface area contributed by atoms with E-state index in [-0.39, 0.29) is 0 Å². The number of H-pyrrole nitrogens is 1. The maximum atomic E-state index is 6.06. The monoisotopic (exact) mass is 373 g/mol. The molecule has 3 aliphatic rings. The summed E-state index contributed by atoms with van der Waals surface area (Å²) in [5.74, 6) is 1.79. The Kier molecular flexibility index (Phi) is 3.35. The van der Waals surface area contributed by atoms with Crippen LogP contribution in [0.5, 0.6) is 5.88 Å². The maximum absolute atomic E-state index is 6.06. The Balaban J connectivity index is 1.31. The Hall–Kier alpha value is -2.86. The van der Waals surface area contributed by atoms with Gasteiger partial charge in [-0.1, -0.05) is 12.1 Å². The van der Waals surface area contributed by atoms with Gasteiger partial charge in [0.1, 0.15) is 12.4 Å². The number of pyridine rings is 1. The Bertz CT molecular complexity index is 1050. The number of nitrogens with one attached hydrogen (secondary N) is 1. The molecule has 6 rings (SSSR count). The average Bonchev–Trinajstić information content (AvgIpc) is 3.43. The minimum Gasteiger partial charge on any atom is -0.472 e. The fourth-order valence-corrected chi connectivity index (χ4v) is 4.85. The molecule has 5 heterocycles. The first kappa shape index (κ1) is 16.1. The van der Waals surface area contributed by atoms with Crippen molar-refractivity contribution < 1.29 is 4.74 Å². The van der Waals surface area contributed by atoms with Crippen LogP contribution in [0.2, 0.25) is 0 Å². The van der Waals surface area contributed by atoms with Gasteiger partial charge in [-0.15, -0.1) is 0 Å². The molecule has 142 valence electrons. The molecule has 2 fully saturated rings. The number of likely N-dealkylation sites (tertiary alicyclic amines) is 1. The molecule has 3 aromatic rings. The van der Waals surface area contributed by atoms with Gasteiger partial charge in [0, 0.05) is 42.5 Å². The Morgan fingerprint density at radius 1 is 1.07 bits per heavy atom. The fourth-order valence-electron chi connectivity index (χ4n) is 4.85. The number of hydrogen-bond acceptors (Lipinski definition) is 5. The number of ether oxygens (including phenoxy) is 1. The molecule has 1 unspecified atom stereocenters. The van der Waals surface area contributed by atoms with Gasteiger partial charge in [0.2, 0.25) is 5.88 Å². The number of aromatic amines is 1. The van der Waals surface area contributed by atoms with Gasteiger partial charge >= 0.3 is 0 Å². The second kappa shape index (κ2) is 5.82. The molecule has 1 N–H and O–H groups in total. The average molecular weight is 373 g/mol. The molecule has 2 saturated heterocycles. The molecule has 6 heteroatoms. The summed E-state index contributed by atoms with van der Waals surface area (Å²) in [5.41, 5.74) is 6.09. The highest BCUT2D eigenvalue weighted by atomic mass is 16.5. The third-order valence-electron chi connectivity index (χ3n) is 6.82. The van der Waals surface area contributed by atoms with Crippen LogP contribution in [0.15, 0.2) is 42.7 Å². The molecule has 1 atom stereocenters. The standard InChI is InChI=1S/C22H23N5O/c1-26-8-6-22(26)7-9-27(14-22)20-5-4-19-18-3-2-15(17-11-23-24-12-17)10-16(18)13-28-21(19)25-20/h2-5,10-12H,6-9,13-14H2,1H3,(H,23,24). The van der Waals surface area contributed by atoms with Crippen molar-refractivity contribution in [3.63, 3.8) is 0 Å². The number of fused-ring (bicyclic) bond motifs is 3. The number of rotatable bonds is 2. The van der Waals surface area contributed by atoms with Crippen LogP contribution in [-0.2, 0) is 6.61 Å². The molecule has 0 aliphatic carbocycles. The maximum Gasteiger partial charge on any atom is 0.223 e. The van der Waals surface area contributed by atoms with Gasteiger partial charge in [0.05, 0.1) is 6.20 Å². The van der Waals surface area contributed by atoms with Crippen LogP contribution in [0.25, 0.3) is 22.3 Å². The summed E-state index contributed by atoms with van der Waals surface area (Å²) >= 11 is 0. The molecular formula is C22H23N5O. The van der Waals surface area contributed by atoms with Crippen molar-refractivity contribution in [3.05, 3.63) is 48.3 Å². The SMILES string of the molecule is CN1CCC12CCN(c1ccc3c(n1)OCc1cc(-c4cn[nH]c4)ccc1-3)C2. The molecule has 0 bridgehead atoms. The van der Waals surface area contributed by atoms with E-state index < -0.39 is 0 Å². The molecule has 1 aromatic carbocycles. The quantitative estimate of drug-likeness (QED) is 0.747. The van der Waals surface area contributed by atoms with Crippen molar-refractivity contribution in [2.75, 3.05) is 31.6 Å². The van der Waals surface area contributed by atoms with Gasteiger partial charge in [-0.25, -0.2) is 0 Å². The summed E-state index contributed by atoms with van der Waals surface area (Å²) in [4.78, 5) is 9.79. The van der Waals surface area contributed by atoms with E-state index in [1.807, 2.05) is 12.4 Å². The van der Waals surface area contributed by atoms with Crippen molar-refractivity contribution in [2.24, 2.45) is 0 Å². The van der Waals surface area contributed by atoms with Crippen molar-refractivity contribution in [1.29, 1.82) is 0 Å². The lowest BCUT2D eigenvalue weighted by Gasteiger charge is -2.48. The van der Waals surface area contributed by atoms with Gasteiger partial charge in [-0.05, 0) is 54.8 Å². The lowest BCUT2D eigenvalue weighted by molar-refractivity contribution is 0.0307.